The molecular formula is C25H23F4N3O4S. The minimum absolute atomic E-state index is 0.0281. The van der Waals surface area contributed by atoms with Crippen LogP contribution in [0.25, 0.3) is 11.1 Å². The number of nitrogens with zero attached hydrogens (tertiary/aromatic N) is 2. The molecule has 3 fully saturated rings. The maximum Gasteiger partial charge on any atom is 0.248 e. The number of benzene rings is 2. The molecular weight excluding hydrogens is 514 g/mol. The van der Waals surface area contributed by atoms with Crippen molar-refractivity contribution >= 4 is 15.9 Å². The highest BCUT2D eigenvalue weighted by Crippen LogP contribution is 2.56. The molecule has 0 radical (unpaired) electrons. The summed E-state index contributed by atoms with van der Waals surface area (Å²) < 4.78 is 88.5. The monoisotopic (exact) mass is 537 g/mol. The molecule has 12 heteroatoms. The first-order valence-electron chi connectivity index (χ1n) is 11.6. The number of carbonyl (C=O) groups is 1. The standard InChI is InChI=1S/C25H23F4N3O4S/c26-14-37(34,35)31-22-20(32(11-24(22)4-5-24)23(33)25(10-30)12-36-13-25)8-15-2-1-3-19(21(15)29)16-6-17(27)9-18(28)7-16/h1-3,6-7,9,20,22,31H,4-5,8,11-14H2. The molecule has 1 amide bonds. The maximum atomic E-state index is 15.7. The second kappa shape index (κ2) is 9.08. The van der Waals surface area contributed by atoms with Crippen molar-refractivity contribution in [1.82, 2.24) is 9.62 Å². The van der Waals surface area contributed by atoms with Crippen LogP contribution in [0.15, 0.2) is 36.4 Å². The van der Waals surface area contributed by atoms with Crippen LogP contribution in [-0.4, -0.2) is 57.1 Å². The molecule has 1 N–H and O–H groups in total. The molecule has 2 heterocycles. The van der Waals surface area contributed by atoms with E-state index in [0.29, 0.717) is 18.9 Å². The number of alkyl halides is 1. The Hall–Kier alpha value is -3.01. The summed E-state index contributed by atoms with van der Waals surface area (Å²) in [6, 6.07) is 5.40. The van der Waals surface area contributed by atoms with Crippen LogP contribution in [-0.2, 0) is 26.0 Å². The molecule has 7 nitrogen and oxygen atoms in total. The van der Waals surface area contributed by atoms with Crippen LogP contribution >= 0.6 is 0 Å². The second-order valence-electron chi connectivity index (χ2n) is 10.0. The van der Waals surface area contributed by atoms with Crippen molar-refractivity contribution in [1.29, 1.82) is 5.26 Å². The Morgan fingerprint density at radius 1 is 1.16 bits per heavy atom. The molecule has 1 saturated carbocycles. The lowest BCUT2D eigenvalue weighted by Crippen LogP contribution is -2.57. The normalized spacial score (nSPS) is 23.5. The zero-order valence-corrected chi connectivity index (χ0v) is 20.3. The van der Waals surface area contributed by atoms with Crippen LogP contribution in [0.1, 0.15) is 18.4 Å². The van der Waals surface area contributed by atoms with E-state index in [1.165, 1.54) is 23.1 Å². The van der Waals surface area contributed by atoms with Gasteiger partial charge in [-0.2, -0.15) is 5.26 Å². The summed E-state index contributed by atoms with van der Waals surface area (Å²) >= 11 is 0. The Labute approximate surface area is 211 Å². The minimum Gasteiger partial charge on any atom is -0.377 e. The molecule has 0 aromatic heterocycles. The molecule has 196 valence electrons. The van der Waals surface area contributed by atoms with Crippen molar-refractivity contribution < 1.29 is 35.5 Å². The van der Waals surface area contributed by atoms with E-state index >= 15 is 4.39 Å². The van der Waals surface area contributed by atoms with Crippen LogP contribution in [0.2, 0.25) is 0 Å². The fourth-order valence-electron chi connectivity index (χ4n) is 5.36. The summed E-state index contributed by atoms with van der Waals surface area (Å²) in [5.74, 6) is -3.10. The van der Waals surface area contributed by atoms with E-state index in [0.717, 1.165) is 12.1 Å². The van der Waals surface area contributed by atoms with E-state index in [-0.39, 0.29) is 42.9 Å². The Morgan fingerprint density at radius 2 is 1.84 bits per heavy atom. The van der Waals surface area contributed by atoms with Crippen LogP contribution in [0.4, 0.5) is 17.6 Å². The van der Waals surface area contributed by atoms with E-state index in [2.05, 4.69) is 4.72 Å². The number of hydrogen-bond donors (Lipinski definition) is 1. The smallest absolute Gasteiger partial charge is 0.248 e. The fourth-order valence-corrected chi connectivity index (χ4v) is 6.22. The first-order valence-corrected chi connectivity index (χ1v) is 13.3. The van der Waals surface area contributed by atoms with Gasteiger partial charge in [-0.25, -0.2) is 30.7 Å². The van der Waals surface area contributed by atoms with E-state index < -0.39 is 62.3 Å². The van der Waals surface area contributed by atoms with Crippen molar-refractivity contribution in [3.8, 4) is 17.2 Å². The molecule has 2 aromatic carbocycles. The van der Waals surface area contributed by atoms with Gasteiger partial charge in [0.15, 0.2) is 5.41 Å². The highest BCUT2D eigenvalue weighted by Gasteiger charge is 2.64. The van der Waals surface area contributed by atoms with E-state index in [1.807, 2.05) is 6.07 Å². The Balaban J connectivity index is 1.55. The number of ether oxygens (including phenoxy) is 1. The van der Waals surface area contributed by atoms with E-state index in [4.69, 9.17) is 4.74 Å². The van der Waals surface area contributed by atoms with Gasteiger partial charge in [0.05, 0.1) is 25.3 Å². The third-order valence-corrected chi connectivity index (χ3v) is 8.44. The largest absolute Gasteiger partial charge is 0.377 e. The molecule has 2 saturated heterocycles. The molecule has 2 aromatic rings. The summed E-state index contributed by atoms with van der Waals surface area (Å²) in [7, 11) is -4.33. The highest BCUT2D eigenvalue weighted by molar-refractivity contribution is 7.89. The van der Waals surface area contributed by atoms with Crippen molar-refractivity contribution in [2.24, 2.45) is 10.8 Å². The number of sulfonamides is 1. The van der Waals surface area contributed by atoms with Gasteiger partial charge < -0.3 is 9.64 Å². The number of halogens is 4. The third kappa shape index (κ3) is 4.49. The first-order chi connectivity index (χ1) is 17.5. The van der Waals surface area contributed by atoms with Crippen LogP contribution in [0.3, 0.4) is 0 Å². The molecule has 1 aliphatic carbocycles. The van der Waals surface area contributed by atoms with Gasteiger partial charge in [0.25, 0.3) is 0 Å². The molecule has 1 spiro atoms. The zero-order chi connectivity index (χ0) is 26.6. The fraction of sp³-hybridized carbons (Fsp3) is 0.440. The highest BCUT2D eigenvalue weighted by atomic mass is 32.2. The average molecular weight is 538 g/mol. The van der Waals surface area contributed by atoms with Crippen LogP contribution < -0.4 is 4.72 Å². The number of carbonyl (C=O) groups excluding carboxylic acids is 1. The Morgan fingerprint density at radius 3 is 2.38 bits per heavy atom. The second-order valence-corrected chi connectivity index (χ2v) is 11.7. The zero-order valence-electron chi connectivity index (χ0n) is 19.5. The van der Waals surface area contributed by atoms with Gasteiger partial charge in [0.1, 0.15) is 17.5 Å². The average Bonchev–Trinajstić information content (AvgIpc) is 3.54. The lowest BCUT2D eigenvalue weighted by Gasteiger charge is -2.39. The summed E-state index contributed by atoms with van der Waals surface area (Å²) in [4.78, 5) is 14.9. The summed E-state index contributed by atoms with van der Waals surface area (Å²) in [5.41, 5.74) is -2.12. The molecule has 5 rings (SSSR count). The summed E-state index contributed by atoms with van der Waals surface area (Å²) in [5, 5.41) is 9.67. The van der Waals surface area contributed by atoms with E-state index in [1.54, 1.807) is 0 Å². The van der Waals surface area contributed by atoms with Gasteiger partial charge in [-0.05, 0) is 42.5 Å². The molecule has 2 atom stereocenters. The minimum atomic E-state index is -4.33. The van der Waals surface area contributed by atoms with Gasteiger partial charge >= 0.3 is 0 Å². The summed E-state index contributed by atoms with van der Waals surface area (Å²) in [6.07, 6.45) is 0.953. The van der Waals surface area contributed by atoms with Gasteiger partial charge in [-0.1, -0.05) is 18.2 Å². The molecule has 2 aliphatic heterocycles. The van der Waals surface area contributed by atoms with Crippen molar-refractivity contribution in [3.63, 3.8) is 0 Å². The lowest BCUT2D eigenvalue weighted by atomic mass is 9.85. The van der Waals surface area contributed by atoms with Gasteiger partial charge in [-0.15, -0.1) is 0 Å². The number of nitriles is 1. The number of amides is 1. The predicted molar refractivity (Wildman–Crippen MR) is 123 cm³/mol. The number of hydrogen-bond acceptors (Lipinski definition) is 5. The predicted octanol–water partition coefficient (Wildman–Crippen LogP) is 3.06. The lowest BCUT2D eigenvalue weighted by molar-refractivity contribution is -0.162. The molecule has 37 heavy (non-hydrogen) atoms. The van der Waals surface area contributed by atoms with Crippen LogP contribution in [0, 0.1) is 39.6 Å². The van der Waals surface area contributed by atoms with Crippen molar-refractivity contribution in [2.45, 2.75) is 31.3 Å². The van der Waals surface area contributed by atoms with Crippen molar-refractivity contribution in [2.75, 3.05) is 25.8 Å². The maximum absolute atomic E-state index is 15.7. The van der Waals surface area contributed by atoms with Gasteiger partial charge in [-0.3, -0.25) is 4.79 Å². The molecule has 0 bridgehead atoms. The Bertz CT molecular complexity index is 1380. The quantitative estimate of drug-likeness (QED) is 0.548. The van der Waals surface area contributed by atoms with Gasteiger partial charge in [0, 0.05) is 29.6 Å². The number of rotatable bonds is 7. The number of likely N-dealkylation sites (tertiary alicyclic amines) is 1. The topological polar surface area (TPSA) is 99.5 Å². The number of nitrogens with one attached hydrogen (secondary N) is 1. The van der Waals surface area contributed by atoms with Crippen LogP contribution in [0.5, 0.6) is 0 Å². The van der Waals surface area contributed by atoms with Gasteiger partial charge in [0.2, 0.25) is 21.9 Å². The molecule has 2 unspecified atom stereocenters. The van der Waals surface area contributed by atoms with Crippen molar-refractivity contribution in [3.05, 3.63) is 59.4 Å². The third-order valence-electron chi connectivity index (χ3n) is 7.53. The van der Waals surface area contributed by atoms with E-state index in [9.17, 15) is 31.6 Å². The SMILES string of the molecule is N#CC1(C(=O)N2CC3(CC3)C(NS(=O)(=O)CF)C2Cc2cccc(-c3cc(F)cc(F)c3)c2F)COC1. The summed E-state index contributed by atoms with van der Waals surface area (Å²) in [6.45, 7) is -0.112. The molecule has 3 aliphatic rings. The Kier molecular flexibility index (Phi) is 6.29. The first kappa shape index (κ1) is 25.6.